The highest BCUT2D eigenvalue weighted by molar-refractivity contribution is 9.10. The van der Waals surface area contributed by atoms with Gasteiger partial charge in [-0.3, -0.25) is 0 Å². The Balaban J connectivity index is 2.11. The predicted octanol–water partition coefficient (Wildman–Crippen LogP) is 3.59. The minimum absolute atomic E-state index is 0.191. The molecule has 0 aromatic heterocycles. The van der Waals surface area contributed by atoms with E-state index in [1.807, 2.05) is 0 Å². The van der Waals surface area contributed by atoms with Crippen molar-refractivity contribution in [2.45, 2.75) is 31.3 Å². The number of rotatable bonds is 0. The van der Waals surface area contributed by atoms with E-state index in [4.69, 9.17) is 9.47 Å². The predicted molar refractivity (Wildman–Crippen MR) is 70.2 cm³/mol. The van der Waals surface area contributed by atoms with Crippen molar-refractivity contribution in [1.29, 1.82) is 0 Å². The standard InChI is InChI=1S/C14H17BrO2/c1-10-8-17-14(6-3-7-16-9-14)11-4-2-5-12(15)13(10)11/h2,4-5,10H,3,6-9H2,1H3/t10-,14+/m1/s1. The maximum atomic E-state index is 6.15. The minimum atomic E-state index is -0.191. The van der Waals surface area contributed by atoms with Crippen LogP contribution in [0.5, 0.6) is 0 Å². The zero-order valence-corrected chi connectivity index (χ0v) is 11.6. The summed E-state index contributed by atoms with van der Waals surface area (Å²) >= 11 is 3.68. The molecule has 3 rings (SSSR count). The van der Waals surface area contributed by atoms with E-state index in [-0.39, 0.29) is 5.60 Å². The van der Waals surface area contributed by atoms with Gasteiger partial charge in [0.15, 0.2) is 0 Å². The molecule has 3 heteroatoms. The summed E-state index contributed by atoms with van der Waals surface area (Å²) in [6.45, 7) is 4.58. The second kappa shape index (κ2) is 4.38. The van der Waals surface area contributed by atoms with Crippen LogP contribution < -0.4 is 0 Å². The van der Waals surface area contributed by atoms with Gasteiger partial charge in [-0.15, -0.1) is 0 Å². The highest BCUT2D eigenvalue weighted by Crippen LogP contribution is 2.45. The lowest BCUT2D eigenvalue weighted by atomic mass is 9.79. The zero-order valence-electron chi connectivity index (χ0n) is 10.0. The van der Waals surface area contributed by atoms with Crippen LogP contribution in [0.4, 0.5) is 0 Å². The summed E-state index contributed by atoms with van der Waals surface area (Å²) < 4.78 is 13.0. The van der Waals surface area contributed by atoms with Crippen molar-refractivity contribution in [1.82, 2.24) is 0 Å². The van der Waals surface area contributed by atoms with E-state index in [0.29, 0.717) is 12.5 Å². The summed E-state index contributed by atoms with van der Waals surface area (Å²) in [5.74, 6) is 0.452. The van der Waals surface area contributed by atoms with E-state index < -0.39 is 0 Å². The molecule has 2 heterocycles. The van der Waals surface area contributed by atoms with Crippen LogP contribution in [-0.4, -0.2) is 19.8 Å². The lowest BCUT2D eigenvalue weighted by Crippen LogP contribution is -2.43. The fraction of sp³-hybridized carbons (Fsp3) is 0.571. The molecular weight excluding hydrogens is 280 g/mol. The second-order valence-corrected chi connectivity index (χ2v) is 5.92. The third kappa shape index (κ3) is 1.85. The van der Waals surface area contributed by atoms with Gasteiger partial charge < -0.3 is 9.47 Å². The summed E-state index contributed by atoms with van der Waals surface area (Å²) in [5, 5.41) is 0. The van der Waals surface area contributed by atoms with Gasteiger partial charge in [0.25, 0.3) is 0 Å². The normalized spacial score (nSPS) is 32.5. The number of benzene rings is 1. The van der Waals surface area contributed by atoms with Crippen LogP contribution in [0.3, 0.4) is 0 Å². The molecule has 0 aliphatic carbocycles. The van der Waals surface area contributed by atoms with Crippen molar-refractivity contribution in [2.75, 3.05) is 19.8 Å². The molecule has 2 nitrogen and oxygen atoms in total. The van der Waals surface area contributed by atoms with Gasteiger partial charge in [0.05, 0.1) is 13.2 Å². The summed E-state index contributed by atoms with van der Waals surface area (Å²) in [4.78, 5) is 0. The molecule has 0 N–H and O–H groups in total. The molecule has 1 saturated heterocycles. The summed E-state index contributed by atoms with van der Waals surface area (Å²) in [6.07, 6.45) is 2.16. The van der Waals surface area contributed by atoms with Crippen molar-refractivity contribution in [3.8, 4) is 0 Å². The maximum absolute atomic E-state index is 6.15. The van der Waals surface area contributed by atoms with Gasteiger partial charge in [-0.1, -0.05) is 35.0 Å². The molecule has 17 heavy (non-hydrogen) atoms. The van der Waals surface area contributed by atoms with Gasteiger partial charge in [0.1, 0.15) is 5.60 Å². The van der Waals surface area contributed by atoms with Crippen molar-refractivity contribution >= 4 is 15.9 Å². The Labute approximate surface area is 110 Å². The SMILES string of the molecule is C[C@@H]1CO[C@]2(CCCOC2)c2cccc(Br)c21. The Kier molecular flexibility index (Phi) is 3.01. The number of fused-ring (bicyclic) bond motifs is 2. The Morgan fingerprint density at radius 3 is 3.06 bits per heavy atom. The number of ether oxygens (including phenoxy) is 2. The Hall–Kier alpha value is -0.380. The van der Waals surface area contributed by atoms with Crippen LogP contribution in [0.25, 0.3) is 0 Å². The van der Waals surface area contributed by atoms with Crippen molar-refractivity contribution in [3.63, 3.8) is 0 Å². The van der Waals surface area contributed by atoms with Crippen molar-refractivity contribution in [2.24, 2.45) is 0 Å². The number of hydrogen-bond donors (Lipinski definition) is 0. The van der Waals surface area contributed by atoms with Gasteiger partial charge in [-0.2, -0.15) is 0 Å². The smallest absolute Gasteiger partial charge is 0.117 e. The quantitative estimate of drug-likeness (QED) is 0.728. The first kappa shape index (κ1) is 11.7. The van der Waals surface area contributed by atoms with Crippen LogP contribution in [0.15, 0.2) is 22.7 Å². The lowest BCUT2D eigenvalue weighted by Gasteiger charge is -2.43. The second-order valence-electron chi connectivity index (χ2n) is 5.06. The van der Waals surface area contributed by atoms with Crippen molar-refractivity contribution < 1.29 is 9.47 Å². The molecule has 0 bridgehead atoms. The number of hydrogen-bond acceptors (Lipinski definition) is 2. The Bertz CT molecular complexity index is 424. The van der Waals surface area contributed by atoms with Crippen LogP contribution >= 0.6 is 15.9 Å². The van der Waals surface area contributed by atoms with E-state index >= 15 is 0 Å². The van der Waals surface area contributed by atoms with Gasteiger partial charge in [0.2, 0.25) is 0 Å². The third-order valence-corrected chi connectivity index (χ3v) is 4.54. The molecule has 1 aromatic carbocycles. The lowest BCUT2D eigenvalue weighted by molar-refractivity contribution is -0.145. The third-order valence-electron chi connectivity index (χ3n) is 3.85. The summed E-state index contributed by atoms with van der Waals surface area (Å²) in [5.41, 5.74) is 2.54. The number of halogens is 1. The molecular formula is C14H17BrO2. The Morgan fingerprint density at radius 2 is 2.29 bits per heavy atom. The average molecular weight is 297 g/mol. The largest absolute Gasteiger partial charge is 0.378 e. The van der Waals surface area contributed by atoms with Gasteiger partial charge in [0, 0.05) is 17.0 Å². The maximum Gasteiger partial charge on any atom is 0.117 e. The molecule has 2 atom stereocenters. The van der Waals surface area contributed by atoms with Crippen LogP contribution in [-0.2, 0) is 15.1 Å². The van der Waals surface area contributed by atoms with Gasteiger partial charge >= 0.3 is 0 Å². The minimum Gasteiger partial charge on any atom is -0.378 e. The van der Waals surface area contributed by atoms with E-state index in [1.54, 1.807) is 0 Å². The van der Waals surface area contributed by atoms with E-state index in [0.717, 1.165) is 26.1 Å². The Morgan fingerprint density at radius 1 is 1.41 bits per heavy atom. The molecule has 2 aliphatic rings. The molecule has 1 aromatic rings. The molecule has 0 unspecified atom stereocenters. The van der Waals surface area contributed by atoms with E-state index in [1.165, 1.54) is 15.6 Å². The topological polar surface area (TPSA) is 18.5 Å². The van der Waals surface area contributed by atoms with Crippen LogP contribution in [0.2, 0.25) is 0 Å². The first-order chi connectivity index (χ1) is 8.23. The van der Waals surface area contributed by atoms with E-state index in [9.17, 15) is 0 Å². The van der Waals surface area contributed by atoms with E-state index in [2.05, 4.69) is 41.1 Å². The highest BCUT2D eigenvalue weighted by atomic mass is 79.9. The van der Waals surface area contributed by atoms with Gasteiger partial charge in [-0.05, 0) is 30.0 Å². The molecule has 0 amide bonds. The first-order valence-corrected chi connectivity index (χ1v) is 7.03. The fourth-order valence-corrected chi connectivity index (χ4v) is 3.73. The first-order valence-electron chi connectivity index (χ1n) is 6.23. The fourth-order valence-electron chi connectivity index (χ4n) is 2.98. The summed E-state index contributed by atoms with van der Waals surface area (Å²) in [7, 11) is 0. The highest BCUT2D eigenvalue weighted by Gasteiger charge is 2.42. The van der Waals surface area contributed by atoms with Crippen LogP contribution in [0.1, 0.15) is 36.8 Å². The molecule has 1 fully saturated rings. The molecule has 2 aliphatic heterocycles. The van der Waals surface area contributed by atoms with Crippen molar-refractivity contribution in [3.05, 3.63) is 33.8 Å². The monoisotopic (exact) mass is 296 g/mol. The molecule has 0 radical (unpaired) electrons. The van der Waals surface area contributed by atoms with Gasteiger partial charge in [-0.25, -0.2) is 0 Å². The average Bonchev–Trinajstić information content (AvgIpc) is 2.36. The molecule has 1 spiro atoms. The summed E-state index contributed by atoms with van der Waals surface area (Å²) in [6, 6.07) is 6.42. The zero-order chi connectivity index (χ0) is 11.9. The molecule has 92 valence electrons. The van der Waals surface area contributed by atoms with Crippen LogP contribution in [0, 0.1) is 0 Å². The molecule has 0 saturated carbocycles.